The molecule has 0 aliphatic carbocycles. The van der Waals surface area contributed by atoms with E-state index < -0.39 is 0 Å². The first kappa shape index (κ1) is 12.0. The zero-order chi connectivity index (χ0) is 11.7. The molecule has 2 unspecified atom stereocenters. The van der Waals surface area contributed by atoms with Crippen LogP contribution >= 0.6 is 23.4 Å². The van der Waals surface area contributed by atoms with Crippen molar-refractivity contribution < 1.29 is 0 Å². The normalized spacial score (nSPS) is 25.1. The molecule has 5 heteroatoms. The molecule has 1 aliphatic heterocycles. The highest BCUT2D eigenvalue weighted by atomic mass is 35.5. The minimum absolute atomic E-state index is 0.529. The van der Waals surface area contributed by atoms with Crippen molar-refractivity contribution in [3.8, 4) is 0 Å². The van der Waals surface area contributed by atoms with Crippen molar-refractivity contribution in [2.75, 3.05) is 24.2 Å². The van der Waals surface area contributed by atoms with Gasteiger partial charge >= 0.3 is 0 Å². The second-order valence-electron chi connectivity index (χ2n) is 4.40. The third kappa shape index (κ3) is 2.43. The van der Waals surface area contributed by atoms with E-state index in [9.17, 15) is 0 Å². The van der Waals surface area contributed by atoms with Crippen molar-refractivity contribution in [1.29, 1.82) is 0 Å². The fraction of sp³-hybridized carbons (Fsp3) is 0.636. The highest BCUT2D eigenvalue weighted by Crippen LogP contribution is 2.28. The molecule has 0 aromatic carbocycles. The maximum absolute atomic E-state index is 5.99. The summed E-state index contributed by atoms with van der Waals surface area (Å²) in [5, 5.41) is 1.27. The van der Waals surface area contributed by atoms with Crippen LogP contribution in [-0.4, -0.2) is 29.3 Å². The van der Waals surface area contributed by atoms with Gasteiger partial charge in [-0.1, -0.05) is 37.2 Å². The Morgan fingerprint density at radius 2 is 1.94 bits per heavy atom. The first-order valence-corrected chi connectivity index (χ1v) is 7.04. The Morgan fingerprint density at radius 3 is 2.50 bits per heavy atom. The van der Waals surface area contributed by atoms with Gasteiger partial charge in [0.25, 0.3) is 0 Å². The molecule has 1 saturated heterocycles. The van der Waals surface area contributed by atoms with Gasteiger partial charge in [0.1, 0.15) is 11.0 Å². The predicted molar refractivity (Wildman–Crippen MR) is 69.4 cm³/mol. The predicted octanol–water partition coefficient (Wildman–Crippen LogP) is 2.94. The van der Waals surface area contributed by atoms with Crippen molar-refractivity contribution in [3.63, 3.8) is 0 Å². The summed E-state index contributed by atoms with van der Waals surface area (Å²) in [4.78, 5) is 10.9. The van der Waals surface area contributed by atoms with Gasteiger partial charge in [-0.05, 0) is 18.1 Å². The quantitative estimate of drug-likeness (QED) is 0.463. The maximum atomic E-state index is 5.99. The van der Waals surface area contributed by atoms with Crippen LogP contribution < -0.4 is 4.90 Å². The van der Waals surface area contributed by atoms with Gasteiger partial charge in [0.05, 0.1) is 0 Å². The molecule has 16 heavy (non-hydrogen) atoms. The number of anilines is 1. The number of halogens is 1. The van der Waals surface area contributed by atoms with Crippen LogP contribution in [0, 0.1) is 11.8 Å². The Balaban J connectivity index is 2.24. The standard InChI is InChI=1S/C11H16ClN3S/c1-7-5-15(6-8(7)2)10-4-9(12)13-11(14-10)16-3/h4,7-8H,5-6H2,1-3H3. The van der Waals surface area contributed by atoms with E-state index >= 15 is 0 Å². The minimum atomic E-state index is 0.529. The van der Waals surface area contributed by atoms with Gasteiger partial charge in [-0.3, -0.25) is 0 Å². The van der Waals surface area contributed by atoms with Gasteiger partial charge < -0.3 is 4.90 Å². The fourth-order valence-corrected chi connectivity index (χ4v) is 2.56. The Kier molecular flexibility index (Phi) is 3.60. The van der Waals surface area contributed by atoms with E-state index in [0.717, 1.165) is 24.1 Å². The molecule has 0 spiro atoms. The number of hydrogen-bond acceptors (Lipinski definition) is 4. The SMILES string of the molecule is CSc1nc(Cl)cc(N2CC(C)C(C)C2)n1. The number of hydrogen-bond donors (Lipinski definition) is 0. The molecular weight excluding hydrogens is 242 g/mol. The number of rotatable bonds is 2. The zero-order valence-corrected chi connectivity index (χ0v) is 11.3. The molecule has 0 N–H and O–H groups in total. The lowest BCUT2D eigenvalue weighted by atomic mass is 10.0. The summed E-state index contributed by atoms with van der Waals surface area (Å²) in [6.07, 6.45) is 1.96. The summed E-state index contributed by atoms with van der Waals surface area (Å²) in [5.74, 6) is 2.39. The Morgan fingerprint density at radius 1 is 1.31 bits per heavy atom. The fourth-order valence-electron chi connectivity index (χ4n) is 1.96. The van der Waals surface area contributed by atoms with Gasteiger partial charge in [-0.25, -0.2) is 9.97 Å². The lowest BCUT2D eigenvalue weighted by molar-refractivity contribution is 0.494. The van der Waals surface area contributed by atoms with Crippen LogP contribution in [0.1, 0.15) is 13.8 Å². The molecule has 2 atom stereocenters. The summed E-state index contributed by atoms with van der Waals surface area (Å²) in [6, 6.07) is 1.85. The molecule has 3 nitrogen and oxygen atoms in total. The average Bonchev–Trinajstić information content (AvgIpc) is 2.58. The monoisotopic (exact) mass is 257 g/mol. The van der Waals surface area contributed by atoms with Crippen LogP contribution in [0.2, 0.25) is 5.15 Å². The molecule has 0 amide bonds. The van der Waals surface area contributed by atoms with E-state index in [0.29, 0.717) is 17.0 Å². The molecule has 1 fully saturated rings. The topological polar surface area (TPSA) is 29.0 Å². The molecule has 1 aliphatic rings. The largest absolute Gasteiger partial charge is 0.356 e. The van der Waals surface area contributed by atoms with E-state index in [1.54, 1.807) is 0 Å². The highest BCUT2D eigenvalue weighted by Gasteiger charge is 2.27. The third-order valence-corrected chi connectivity index (χ3v) is 3.90. The second kappa shape index (κ2) is 4.80. The van der Waals surface area contributed by atoms with E-state index in [-0.39, 0.29) is 0 Å². The number of nitrogens with zero attached hydrogens (tertiary/aromatic N) is 3. The lowest BCUT2D eigenvalue weighted by Crippen LogP contribution is -2.21. The van der Waals surface area contributed by atoms with E-state index in [1.807, 2.05) is 12.3 Å². The van der Waals surface area contributed by atoms with Gasteiger partial charge in [0, 0.05) is 19.2 Å². The van der Waals surface area contributed by atoms with Crippen LogP contribution in [0.25, 0.3) is 0 Å². The third-order valence-electron chi connectivity index (χ3n) is 3.16. The van der Waals surface area contributed by atoms with Crippen LogP contribution in [0.3, 0.4) is 0 Å². The van der Waals surface area contributed by atoms with Gasteiger partial charge in [0.2, 0.25) is 0 Å². The molecule has 0 bridgehead atoms. The second-order valence-corrected chi connectivity index (χ2v) is 5.56. The summed E-state index contributed by atoms with van der Waals surface area (Å²) < 4.78 is 0. The van der Waals surface area contributed by atoms with Crippen LogP contribution in [-0.2, 0) is 0 Å². The molecule has 0 saturated carbocycles. The summed E-state index contributed by atoms with van der Waals surface area (Å²) in [5.41, 5.74) is 0. The van der Waals surface area contributed by atoms with E-state index in [2.05, 4.69) is 28.7 Å². The van der Waals surface area contributed by atoms with Gasteiger partial charge in [-0.15, -0.1) is 0 Å². The van der Waals surface area contributed by atoms with Crippen LogP contribution in [0.5, 0.6) is 0 Å². The average molecular weight is 258 g/mol. The smallest absolute Gasteiger partial charge is 0.190 e. The van der Waals surface area contributed by atoms with Crippen molar-refractivity contribution in [2.45, 2.75) is 19.0 Å². The molecule has 1 aromatic rings. The Labute approximate surface area is 106 Å². The molecule has 88 valence electrons. The summed E-state index contributed by atoms with van der Waals surface area (Å²) in [6.45, 7) is 6.68. The molecule has 2 rings (SSSR count). The van der Waals surface area contributed by atoms with Gasteiger partial charge in [-0.2, -0.15) is 0 Å². The molecule has 0 radical (unpaired) electrons. The lowest BCUT2D eigenvalue weighted by Gasteiger charge is -2.17. The summed E-state index contributed by atoms with van der Waals surface area (Å²) in [7, 11) is 0. The van der Waals surface area contributed by atoms with Gasteiger partial charge in [0.15, 0.2) is 5.16 Å². The maximum Gasteiger partial charge on any atom is 0.190 e. The van der Waals surface area contributed by atoms with Crippen molar-refractivity contribution in [1.82, 2.24) is 9.97 Å². The Bertz CT molecular complexity index is 375. The van der Waals surface area contributed by atoms with Crippen LogP contribution in [0.15, 0.2) is 11.2 Å². The highest BCUT2D eigenvalue weighted by molar-refractivity contribution is 7.98. The molecule has 2 heterocycles. The number of aromatic nitrogens is 2. The minimum Gasteiger partial charge on any atom is -0.356 e. The summed E-state index contributed by atoms with van der Waals surface area (Å²) >= 11 is 7.51. The van der Waals surface area contributed by atoms with E-state index in [4.69, 9.17) is 11.6 Å². The first-order valence-electron chi connectivity index (χ1n) is 5.43. The van der Waals surface area contributed by atoms with Crippen molar-refractivity contribution >= 4 is 29.2 Å². The molecule has 1 aromatic heterocycles. The van der Waals surface area contributed by atoms with E-state index in [1.165, 1.54) is 11.8 Å². The first-order chi connectivity index (χ1) is 7.60. The number of thioether (sulfide) groups is 1. The van der Waals surface area contributed by atoms with Crippen molar-refractivity contribution in [3.05, 3.63) is 11.2 Å². The molecular formula is C11H16ClN3S. The van der Waals surface area contributed by atoms with Crippen LogP contribution in [0.4, 0.5) is 5.82 Å². The van der Waals surface area contributed by atoms with Crippen molar-refractivity contribution in [2.24, 2.45) is 11.8 Å². The zero-order valence-electron chi connectivity index (χ0n) is 9.77. The Hall–Kier alpha value is -0.480.